The second-order valence-corrected chi connectivity index (χ2v) is 4.90. The lowest BCUT2D eigenvalue weighted by Gasteiger charge is -2.18. The van der Waals surface area contributed by atoms with E-state index in [0.29, 0.717) is 6.42 Å². The zero-order chi connectivity index (χ0) is 12.8. The highest BCUT2D eigenvalue weighted by molar-refractivity contribution is 5.75. The Morgan fingerprint density at radius 2 is 2.00 bits per heavy atom. The summed E-state index contributed by atoms with van der Waals surface area (Å²) in [6, 6.07) is -0.392. The normalized spacial score (nSPS) is 18.2. The molecule has 2 unspecified atom stereocenters. The SMILES string of the molecule is CCC(CC(=O)O)NC(=O)NC(C)CC1CC1. The van der Waals surface area contributed by atoms with Gasteiger partial charge < -0.3 is 15.7 Å². The van der Waals surface area contributed by atoms with Gasteiger partial charge in [-0.3, -0.25) is 4.79 Å². The van der Waals surface area contributed by atoms with Crippen molar-refractivity contribution < 1.29 is 14.7 Å². The number of aliphatic carboxylic acids is 1. The zero-order valence-electron chi connectivity index (χ0n) is 10.5. The van der Waals surface area contributed by atoms with E-state index >= 15 is 0 Å². The fourth-order valence-corrected chi connectivity index (χ4v) is 1.87. The molecule has 0 bridgehead atoms. The molecule has 1 fully saturated rings. The third-order valence-electron chi connectivity index (χ3n) is 3.01. The predicted octanol–water partition coefficient (Wildman–Crippen LogP) is 1.73. The van der Waals surface area contributed by atoms with Crippen LogP contribution >= 0.6 is 0 Å². The second-order valence-electron chi connectivity index (χ2n) is 4.90. The first-order valence-corrected chi connectivity index (χ1v) is 6.30. The molecule has 2 amide bonds. The molecule has 1 rings (SSSR count). The molecule has 17 heavy (non-hydrogen) atoms. The largest absolute Gasteiger partial charge is 0.481 e. The van der Waals surface area contributed by atoms with Gasteiger partial charge in [0.1, 0.15) is 0 Å². The van der Waals surface area contributed by atoms with E-state index in [1.807, 2.05) is 13.8 Å². The molecule has 5 nitrogen and oxygen atoms in total. The molecular formula is C12H22N2O3. The molecule has 5 heteroatoms. The summed E-state index contributed by atoms with van der Waals surface area (Å²) in [7, 11) is 0. The smallest absolute Gasteiger partial charge is 0.315 e. The molecule has 0 saturated heterocycles. The van der Waals surface area contributed by atoms with Gasteiger partial charge >= 0.3 is 12.0 Å². The molecular weight excluding hydrogens is 220 g/mol. The Morgan fingerprint density at radius 1 is 1.35 bits per heavy atom. The highest BCUT2D eigenvalue weighted by Crippen LogP contribution is 2.33. The number of carboxylic acid groups (broad SMARTS) is 1. The quantitative estimate of drug-likeness (QED) is 0.636. The van der Waals surface area contributed by atoms with E-state index in [0.717, 1.165) is 12.3 Å². The predicted molar refractivity (Wildman–Crippen MR) is 64.8 cm³/mol. The van der Waals surface area contributed by atoms with Crippen LogP contribution in [0.4, 0.5) is 4.79 Å². The van der Waals surface area contributed by atoms with E-state index < -0.39 is 5.97 Å². The van der Waals surface area contributed by atoms with E-state index in [4.69, 9.17) is 5.11 Å². The fourth-order valence-electron chi connectivity index (χ4n) is 1.87. The molecule has 3 N–H and O–H groups in total. The van der Waals surface area contributed by atoms with E-state index in [-0.39, 0.29) is 24.5 Å². The second kappa shape index (κ2) is 6.47. The molecule has 1 aliphatic carbocycles. The average Bonchev–Trinajstić information content (AvgIpc) is 2.99. The van der Waals surface area contributed by atoms with E-state index in [1.165, 1.54) is 12.8 Å². The van der Waals surface area contributed by atoms with Crippen molar-refractivity contribution in [3.05, 3.63) is 0 Å². The zero-order valence-corrected chi connectivity index (χ0v) is 10.5. The van der Waals surface area contributed by atoms with Crippen LogP contribution in [0.3, 0.4) is 0 Å². The Labute approximate surface area is 102 Å². The molecule has 0 spiro atoms. The van der Waals surface area contributed by atoms with Gasteiger partial charge in [-0.15, -0.1) is 0 Å². The van der Waals surface area contributed by atoms with E-state index in [1.54, 1.807) is 0 Å². The van der Waals surface area contributed by atoms with Gasteiger partial charge in [0.15, 0.2) is 0 Å². The Bertz CT molecular complexity index is 277. The van der Waals surface area contributed by atoms with Crippen LogP contribution in [0.2, 0.25) is 0 Å². The first kappa shape index (κ1) is 13.8. The average molecular weight is 242 g/mol. The molecule has 0 heterocycles. The first-order valence-electron chi connectivity index (χ1n) is 6.30. The van der Waals surface area contributed by atoms with Gasteiger partial charge in [-0.1, -0.05) is 19.8 Å². The Kier molecular flexibility index (Phi) is 5.25. The molecule has 0 aromatic rings. The summed E-state index contributed by atoms with van der Waals surface area (Å²) in [5.74, 6) is -0.116. The topological polar surface area (TPSA) is 78.4 Å². The van der Waals surface area contributed by atoms with Crippen molar-refractivity contribution in [3.63, 3.8) is 0 Å². The van der Waals surface area contributed by atoms with Gasteiger partial charge in [0.2, 0.25) is 0 Å². The Balaban J connectivity index is 2.23. The third kappa shape index (κ3) is 6.14. The maximum absolute atomic E-state index is 11.6. The van der Waals surface area contributed by atoms with Crippen LogP contribution in [0.5, 0.6) is 0 Å². The number of carbonyl (C=O) groups excluding carboxylic acids is 1. The Hall–Kier alpha value is -1.26. The summed E-state index contributed by atoms with van der Waals surface area (Å²) in [6.45, 7) is 3.84. The van der Waals surface area contributed by atoms with Crippen molar-refractivity contribution in [2.45, 2.75) is 58.0 Å². The van der Waals surface area contributed by atoms with Crippen molar-refractivity contribution in [1.82, 2.24) is 10.6 Å². The van der Waals surface area contributed by atoms with Gasteiger partial charge in [-0.25, -0.2) is 4.79 Å². The van der Waals surface area contributed by atoms with Gasteiger partial charge in [0.25, 0.3) is 0 Å². The first-order chi connectivity index (χ1) is 8.01. The van der Waals surface area contributed by atoms with Crippen LogP contribution in [-0.2, 0) is 4.79 Å². The summed E-state index contributed by atoms with van der Waals surface area (Å²) in [5.41, 5.74) is 0. The maximum atomic E-state index is 11.6. The standard InChI is InChI=1S/C12H22N2O3/c1-3-10(7-11(15)16)14-12(17)13-8(2)6-9-4-5-9/h8-10H,3-7H2,1-2H3,(H,15,16)(H2,13,14,17). The fraction of sp³-hybridized carbons (Fsp3) is 0.833. The molecule has 0 aromatic heterocycles. The van der Waals surface area contributed by atoms with Crippen LogP contribution in [0.25, 0.3) is 0 Å². The molecule has 2 atom stereocenters. The highest BCUT2D eigenvalue weighted by atomic mass is 16.4. The Morgan fingerprint density at radius 3 is 2.47 bits per heavy atom. The number of carboxylic acids is 1. The lowest BCUT2D eigenvalue weighted by atomic mass is 10.1. The number of hydrogen-bond donors (Lipinski definition) is 3. The van der Waals surface area contributed by atoms with Gasteiger partial charge in [0, 0.05) is 12.1 Å². The summed E-state index contributed by atoms with van der Waals surface area (Å²) < 4.78 is 0. The van der Waals surface area contributed by atoms with E-state index in [9.17, 15) is 9.59 Å². The van der Waals surface area contributed by atoms with Crippen molar-refractivity contribution in [2.24, 2.45) is 5.92 Å². The summed E-state index contributed by atoms with van der Waals surface area (Å²) >= 11 is 0. The highest BCUT2D eigenvalue weighted by Gasteiger charge is 2.24. The number of amides is 2. The van der Waals surface area contributed by atoms with Gasteiger partial charge in [0.05, 0.1) is 6.42 Å². The van der Waals surface area contributed by atoms with Crippen LogP contribution < -0.4 is 10.6 Å². The minimum atomic E-state index is -0.886. The third-order valence-corrected chi connectivity index (χ3v) is 3.01. The van der Waals surface area contributed by atoms with Crippen LogP contribution in [0, 0.1) is 5.92 Å². The molecule has 0 aromatic carbocycles. The van der Waals surface area contributed by atoms with Crippen LogP contribution in [0.15, 0.2) is 0 Å². The lowest BCUT2D eigenvalue weighted by Crippen LogP contribution is -2.46. The number of nitrogens with one attached hydrogen (secondary N) is 2. The summed E-state index contributed by atoms with van der Waals surface area (Å²) in [4.78, 5) is 22.1. The van der Waals surface area contributed by atoms with Crippen molar-refractivity contribution in [3.8, 4) is 0 Å². The number of urea groups is 1. The maximum Gasteiger partial charge on any atom is 0.315 e. The molecule has 0 radical (unpaired) electrons. The molecule has 1 saturated carbocycles. The van der Waals surface area contributed by atoms with E-state index in [2.05, 4.69) is 10.6 Å². The summed E-state index contributed by atoms with van der Waals surface area (Å²) in [5, 5.41) is 14.2. The van der Waals surface area contributed by atoms with Crippen LogP contribution in [0.1, 0.15) is 46.0 Å². The lowest BCUT2D eigenvalue weighted by molar-refractivity contribution is -0.137. The molecule has 98 valence electrons. The molecule has 0 aliphatic heterocycles. The monoisotopic (exact) mass is 242 g/mol. The number of rotatable bonds is 7. The summed E-state index contributed by atoms with van der Waals surface area (Å²) in [6.07, 6.45) is 4.15. The number of carbonyl (C=O) groups is 2. The number of hydrogen-bond acceptors (Lipinski definition) is 2. The van der Waals surface area contributed by atoms with Crippen molar-refractivity contribution in [2.75, 3.05) is 0 Å². The van der Waals surface area contributed by atoms with Crippen molar-refractivity contribution in [1.29, 1.82) is 0 Å². The molecule has 1 aliphatic rings. The van der Waals surface area contributed by atoms with Gasteiger partial charge in [-0.05, 0) is 25.7 Å². The van der Waals surface area contributed by atoms with Crippen LogP contribution in [-0.4, -0.2) is 29.2 Å². The van der Waals surface area contributed by atoms with Gasteiger partial charge in [-0.2, -0.15) is 0 Å². The van der Waals surface area contributed by atoms with Crippen molar-refractivity contribution >= 4 is 12.0 Å². The minimum Gasteiger partial charge on any atom is -0.481 e. The minimum absolute atomic E-state index is 0.0269.